The van der Waals surface area contributed by atoms with Crippen molar-refractivity contribution in [2.24, 2.45) is 17.5 Å². The first kappa shape index (κ1) is 11.6. The smallest absolute Gasteiger partial charge is 0.0681 e. The highest BCUT2D eigenvalue weighted by atomic mass is 16.6. The predicted molar refractivity (Wildman–Crippen MR) is 39.7 cm³/mol. The molecule has 3 nitrogen and oxygen atoms in total. The maximum atomic E-state index is 4.78. The van der Waals surface area contributed by atoms with Gasteiger partial charge in [0.05, 0.1) is 6.61 Å². The van der Waals surface area contributed by atoms with E-state index in [9.17, 15) is 0 Å². The van der Waals surface area contributed by atoms with Crippen molar-refractivity contribution in [2.75, 3.05) is 13.7 Å². The number of nitrogens with two attached hydrogens (primary N) is 2. The van der Waals surface area contributed by atoms with Gasteiger partial charge in [-0.15, -0.1) is 0 Å². The molecule has 0 unspecified atom stereocenters. The van der Waals surface area contributed by atoms with Gasteiger partial charge in [0.2, 0.25) is 0 Å². The summed E-state index contributed by atoms with van der Waals surface area (Å²) in [5.41, 5.74) is 4.50. The summed E-state index contributed by atoms with van der Waals surface area (Å²) in [6.45, 7) is 4.95. The van der Waals surface area contributed by atoms with Gasteiger partial charge in [0.25, 0.3) is 0 Å². The van der Waals surface area contributed by atoms with Crippen LogP contribution in [0, 0.1) is 5.92 Å². The minimum atomic E-state index is 0.678. The van der Waals surface area contributed by atoms with E-state index in [1.165, 1.54) is 7.05 Å². The van der Waals surface area contributed by atoms with Crippen LogP contribution < -0.4 is 11.6 Å². The quantitative estimate of drug-likeness (QED) is 0.552. The van der Waals surface area contributed by atoms with Crippen LogP contribution in [0.5, 0.6) is 0 Å². The van der Waals surface area contributed by atoms with Gasteiger partial charge < -0.3 is 10.6 Å². The van der Waals surface area contributed by atoms with Crippen molar-refractivity contribution in [3.63, 3.8) is 0 Å². The van der Waals surface area contributed by atoms with Gasteiger partial charge in [-0.2, -0.15) is 0 Å². The van der Waals surface area contributed by atoms with Crippen molar-refractivity contribution in [1.29, 1.82) is 0 Å². The zero-order valence-corrected chi connectivity index (χ0v) is 6.55. The molecule has 0 aromatic rings. The van der Waals surface area contributed by atoms with Crippen LogP contribution in [0.1, 0.15) is 20.3 Å². The van der Waals surface area contributed by atoms with Gasteiger partial charge in [-0.3, -0.25) is 0 Å². The van der Waals surface area contributed by atoms with Crippen molar-refractivity contribution >= 4 is 0 Å². The van der Waals surface area contributed by atoms with Crippen LogP contribution in [-0.2, 0) is 4.84 Å². The molecule has 0 aromatic carbocycles. The first-order chi connectivity index (χ1) is 4.27. The summed E-state index contributed by atoms with van der Waals surface area (Å²) in [6, 6.07) is 0. The monoisotopic (exact) mass is 134 g/mol. The van der Waals surface area contributed by atoms with Crippen molar-refractivity contribution in [3.05, 3.63) is 0 Å². The average molecular weight is 134 g/mol. The molecule has 0 saturated heterocycles. The van der Waals surface area contributed by atoms with E-state index in [0.29, 0.717) is 12.5 Å². The third kappa shape index (κ3) is 18.1. The Kier molecular flexibility index (Phi) is 14.0. The predicted octanol–water partition coefficient (Wildman–Crippen LogP) is 0.498. The van der Waals surface area contributed by atoms with E-state index in [4.69, 9.17) is 5.90 Å². The van der Waals surface area contributed by atoms with E-state index in [2.05, 4.69) is 24.4 Å². The first-order valence-corrected chi connectivity index (χ1v) is 3.16. The minimum absolute atomic E-state index is 0.678. The molecule has 9 heavy (non-hydrogen) atoms. The summed E-state index contributed by atoms with van der Waals surface area (Å²) >= 11 is 0. The standard InChI is InChI=1S/C5H13NO.CH5N/c1-5(2)3-4-7-6;1-2/h5H,3-4,6H2,1-2H3;2H2,1H3. The molecule has 0 aliphatic heterocycles. The van der Waals surface area contributed by atoms with Gasteiger partial charge in [0.1, 0.15) is 0 Å². The fraction of sp³-hybridized carbons (Fsp3) is 1.00. The van der Waals surface area contributed by atoms with Gasteiger partial charge in [-0.1, -0.05) is 13.8 Å². The first-order valence-electron chi connectivity index (χ1n) is 3.16. The Bertz CT molecular complexity index is 40.0. The largest absolute Gasteiger partial charge is 0.333 e. The van der Waals surface area contributed by atoms with Crippen LogP contribution in [0.15, 0.2) is 0 Å². The molecule has 3 heteroatoms. The topological polar surface area (TPSA) is 61.3 Å². The van der Waals surface area contributed by atoms with E-state index < -0.39 is 0 Å². The van der Waals surface area contributed by atoms with Crippen molar-refractivity contribution < 1.29 is 4.84 Å². The minimum Gasteiger partial charge on any atom is -0.333 e. The maximum absolute atomic E-state index is 4.78. The van der Waals surface area contributed by atoms with E-state index in [-0.39, 0.29) is 0 Å². The lowest BCUT2D eigenvalue weighted by Gasteiger charge is -1.99. The molecule has 0 saturated carbocycles. The summed E-state index contributed by atoms with van der Waals surface area (Å²) in [6.07, 6.45) is 1.05. The van der Waals surface area contributed by atoms with E-state index in [1.54, 1.807) is 0 Å². The molecule has 0 rings (SSSR count). The Labute approximate surface area is 57.3 Å². The molecule has 0 aliphatic carbocycles. The molecular formula is C6H18N2O. The Hall–Kier alpha value is -0.120. The summed E-state index contributed by atoms with van der Waals surface area (Å²) in [7, 11) is 1.50. The molecule has 0 heterocycles. The van der Waals surface area contributed by atoms with E-state index >= 15 is 0 Å². The number of rotatable bonds is 3. The van der Waals surface area contributed by atoms with Crippen LogP contribution >= 0.6 is 0 Å². The third-order valence-corrected chi connectivity index (χ3v) is 0.813. The Morgan fingerprint density at radius 3 is 1.89 bits per heavy atom. The maximum Gasteiger partial charge on any atom is 0.0681 e. The average Bonchev–Trinajstić information content (AvgIpc) is 1.88. The Morgan fingerprint density at radius 2 is 1.78 bits per heavy atom. The second-order valence-corrected chi connectivity index (χ2v) is 2.05. The number of hydrogen-bond acceptors (Lipinski definition) is 3. The molecule has 0 amide bonds. The lowest BCUT2D eigenvalue weighted by molar-refractivity contribution is 0.126. The van der Waals surface area contributed by atoms with Crippen molar-refractivity contribution in [3.8, 4) is 0 Å². The molecule has 0 radical (unpaired) electrons. The second-order valence-electron chi connectivity index (χ2n) is 2.05. The summed E-state index contributed by atoms with van der Waals surface area (Å²) in [5.74, 6) is 5.47. The van der Waals surface area contributed by atoms with Gasteiger partial charge in [0, 0.05) is 0 Å². The fourth-order valence-corrected chi connectivity index (χ4v) is 0.304. The Balaban J connectivity index is 0. The van der Waals surface area contributed by atoms with E-state index in [1.807, 2.05) is 0 Å². The van der Waals surface area contributed by atoms with E-state index in [0.717, 1.165) is 6.42 Å². The molecular weight excluding hydrogens is 116 g/mol. The van der Waals surface area contributed by atoms with Crippen molar-refractivity contribution in [1.82, 2.24) is 0 Å². The SMILES string of the molecule is CC(C)CCON.CN. The molecule has 0 atom stereocenters. The molecule has 0 aliphatic rings. The molecule has 0 aromatic heterocycles. The van der Waals surface area contributed by atoms with Crippen LogP contribution in [-0.4, -0.2) is 13.7 Å². The normalized spacial score (nSPS) is 8.67. The fourth-order valence-electron chi connectivity index (χ4n) is 0.304. The molecule has 58 valence electrons. The van der Waals surface area contributed by atoms with Gasteiger partial charge >= 0.3 is 0 Å². The van der Waals surface area contributed by atoms with Gasteiger partial charge in [0.15, 0.2) is 0 Å². The zero-order chi connectivity index (χ0) is 7.70. The van der Waals surface area contributed by atoms with Gasteiger partial charge in [-0.25, -0.2) is 5.90 Å². The number of hydrogen-bond donors (Lipinski definition) is 2. The van der Waals surface area contributed by atoms with Gasteiger partial charge in [-0.05, 0) is 19.4 Å². The lowest BCUT2D eigenvalue weighted by atomic mass is 10.1. The summed E-state index contributed by atoms with van der Waals surface area (Å²) in [5, 5.41) is 0. The second kappa shape index (κ2) is 10.8. The summed E-state index contributed by atoms with van der Waals surface area (Å²) < 4.78 is 0. The zero-order valence-electron chi connectivity index (χ0n) is 6.55. The highest BCUT2D eigenvalue weighted by molar-refractivity contribution is 4.39. The van der Waals surface area contributed by atoms with Crippen LogP contribution in [0.3, 0.4) is 0 Å². The third-order valence-electron chi connectivity index (χ3n) is 0.813. The van der Waals surface area contributed by atoms with Crippen molar-refractivity contribution in [2.45, 2.75) is 20.3 Å². The molecule has 0 fully saturated rings. The van der Waals surface area contributed by atoms with Crippen LogP contribution in [0.25, 0.3) is 0 Å². The summed E-state index contributed by atoms with van der Waals surface area (Å²) in [4.78, 5) is 4.35. The highest BCUT2D eigenvalue weighted by Crippen LogP contribution is 1.96. The lowest BCUT2D eigenvalue weighted by Crippen LogP contribution is -2.03. The Morgan fingerprint density at radius 1 is 1.33 bits per heavy atom. The molecule has 0 spiro atoms. The highest BCUT2D eigenvalue weighted by Gasteiger charge is 1.89. The van der Waals surface area contributed by atoms with Crippen LogP contribution in [0.4, 0.5) is 0 Å². The molecule has 4 N–H and O–H groups in total. The molecule has 0 bridgehead atoms. The van der Waals surface area contributed by atoms with Crippen LogP contribution in [0.2, 0.25) is 0 Å².